The average Bonchev–Trinajstić information content (AvgIpc) is 2.22. The van der Waals surface area contributed by atoms with Crippen molar-refractivity contribution in [3.63, 3.8) is 0 Å². The molecule has 4 unspecified atom stereocenters. The van der Waals surface area contributed by atoms with Gasteiger partial charge in [-0.25, -0.2) is 9.93 Å². The summed E-state index contributed by atoms with van der Waals surface area (Å²) in [5, 5.41) is 55.7. The van der Waals surface area contributed by atoms with E-state index in [0.29, 0.717) is 0 Å². The lowest BCUT2D eigenvalue weighted by Gasteiger charge is -2.23. The Bertz CT molecular complexity index is 334. The molecule has 0 saturated heterocycles. The predicted octanol–water partition coefficient (Wildman–Crippen LogP) is -4.75. The molecule has 0 heterocycles. The highest BCUT2D eigenvalue weighted by atomic mass is 32.2. The van der Waals surface area contributed by atoms with Crippen LogP contribution in [-0.2, 0) is 15.1 Å². The van der Waals surface area contributed by atoms with E-state index in [4.69, 9.17) is 43.6 Å². The maximum Gasteiger partial charge on any atom is 0.335 e. The smallest absolute Gasteiger partial charge is 0.335 e. The van der Waals surface area contributed by atoms with Crippen molar-refractivity contribution in [2.75, 3.05) is 6.61 Å². The van der Waals surface area contributed by atoms with Gasteiger partial charge in [0.1, 0.15) is 18.3 Å². The minimum absolute atomic E-state index is 0.843. The SMILES string of the molecule is NS(=O)(=O)O.O=C(O)C(O)C(O)C(O)C(O)CO. The van der Waals surface area contributed by atoms with Gasteiger partial charge in [0.2, 0.25) is 0 Å². The van der Waals surface area contributed by atoms with E-state index in [1.54, 1.807) is 0 Å². The fourth-order valence-corrected chi connectivity index (χ4v) is 0.668. The van der Waals surface area contributed by atoms with Crippen molar-refractivity contribution < 1.29 is 48.4 Å². The van der Waals surface area contributed by atoms with Gasteiger partial charge in [-0.05, 0) is 0 Å². The standard InChI is InChI=1S/C6H12O7.H3NO3S/c7-1-2(8)3(9)4(10)5(11)6(12)13;1-5(2,3)4/h2-5,7-11H,1H2,(H,12,13);(H3,1,2,3,4). The molecule has 9 N–H and O–H groups in total. The minimum Gasteiger partial charge on any atom is -0.479 e. The van der Waals surface area contributed by atoms with Crippen LogP contribution in [0.25, 0.3) is 0 Å². The van der Waals surface area contributed by atoms with E-state index in [-0.39, 0.29) is 0 Å². The Kier molecular flexibility index (Phi) is 8.96. The van der Waals surface area contributed by atoms with Gasteiger partial charge in [0.05, 0.1) is 6.61 Å². The van der Waals surface area contributed by atoms with E-state index < -0.39 is 47.3 Å². The molecule has 0 aromatic carbocycles. The summed E-state index contributed by atoms with van der Waals surface area (Å²) < 4.78 is 25.2. The van der Waals surface area contributed by atoms with Crippen LogP contribution in [-0.4, -0.2) is 80.6 Å². The van der Waals surface area contributed by atoms with Gasteiger partial charge >= 0.3 is 16.3 Å². The Morgan fingerprint density at radius 3 is 1.67 bits per heavy atom. The van der Waals surface area contributed by atoms with E-state index in [9.17, 15) is 4.79 Å². The van der Waals surface area contributed by atoms with Crippen molar-refractivity contribution in [2.24, 2.45) is 5.14 Å². The normalized spacial score (nSPS) is 17.9. The van der Waals surface area contributed by atoms with Crippen molar-refractivity contribution in [2.45, 2.75) is 24.4 Å². The molecule has 0 aliphatic carbocycles. The molecule has 0 aromatic rings. The number of nitrogens with two attached hydrogens (primary N) is 1. The summed E-state index contributed by atoms with van der Waals surface area (Å²) in [5.41, 5.74) is 0. The van der Waals surface area contributed by atoms with E-state index in [2.05, 4.69) is 5.14 Å². The molecule has 0 fully saturated rings. The molecule has 0 amide bonds. The third-order valence-corrected chi connectivity index (χ3v) is 1.51. The average molecular weight is 293 g/mol. The number of hydrogen-bond donors (Lipinski definition) is 8. The molecule has 11 nitrogen and oxygen atoms in total. The molecule has 0 aliphatic heterocycles. The van der Waals surface area contributed by atoms with Crippen LogP contribution in [0, 0.1) is 0 Å². The summed E-state index contributed by atoms with van der Waals surface area (Å²) in [4.78, 5) is 10.1. The van der Waals surface area contributed by atoms with Crippen LogP contribution in [0.2, 0.25) is 0 Å². The van der Waals surface area contributed by atoms with Gasteiger partial charge in [-0.2, -0.15) is 8.42 Å². The molecule has 0 aliphatic rings. The third kappa shape index (κ3) is 10.3. The van der Waals surface area contributed by atoms with Crippen LogP contribution in [0.4, 0.5) is 0 Å². The minimum atomic E-state index is -4.17. The topological polar surface area (TPSA) is 219 Å². The lowest BCUT2D eigenvalue weighted by Crippen LogP contribution is -2.48. The number of carbonyl (C=O) groups is 1. The summed E-state index contributed by atoms with van der Waals surface area (Å²) in [5.74, 6) is -1.73. The summed E-state index contributed by atoms with van der Waals surface area (Å²) in [7, 11) is -4.17. The molecule has 110 valence electrons. The first-order chi connectivity index (χ1) is 7.91. The fourth-order valence-electron chi connectivity index (χ4n) is 0.668. The highest BCUT2D eigenvalue weighted by molar-refractivity contribution is 7.83. The van der Waals surface area contributed by atoms with Crippen molar-refractivity contribution in [3.8, 4) is 0 Å². The van der Waals surface area contributed by atoms with Crippen molar-refractivity contribution >= 4 is 16.3 Å². The molecule has 0 spiro atoms. The lowest BCUT2D eigenvalue weighted by molar-refractivity contribution is -0.164. The number of aliphatic hydroxyl groups is 5. The number of aliphatic hydroxyl groups excluding tert-OH is 5. The van der Waals surface area contributed by atoms with Crippen molar-refractivity contribution in [3.05, 3.63) is 0 Å². The molecule has 0 radical (unpaired) electrons. The Morgan fingerprint density at radius 2 is 1.44 bits per heavy atom. The number of hydrogen-bond acceptors (Lipinski definition) is 8. The summed E-state index contributed by atoms with van der Waals surface area (Å²) >= 11 is 0. The molecule has 0 rings (SSSR count). The molecule has 12 heteroatoms. The second-order valence-electron chi connectivity index (χ2n) is 3.03. The first-order valence-corrected chi connectivity index (χ1v) is 5.73. The highest BCUT2D eigenvalue weighted by Crippen LogP contribution is 2.04. The summed E-state index contributed by atoms with van der Waals surface area (Å²) in [6.07, 6.45) is -7.84. The van der Waals surface area contributed by atoms with E-state index in [0.717, 1.165) is 0 Å². The van der Waals surface area contributed by atoms with Crippen LogP contribution in [0.15, 0.2) is 0 Å². The van der Waals surface area contributed by atoms with Gasteiger partial charge in [-0.15, -0.1) is 0 Å². The monoisotopic (exact) mass is 293 g/mol. The molecular formula is C6H15NO10S. The van der Waals surface area contributed by atoms with Crippen LogP contribution in [0.5, 0.6) is 0 Å². The second kappa shape index (κ2) is 8.28. The molecular weight excluding hydrogens is 278 g/mol. The second-order valence-corrected chi connectivity index (χ2v) is 4.06. The van der Waals surface area contributed by atoms with Gasteiger partial charge in [0.25, 0.3) is 0 Å². The van der Waals surface area contributed by atoms with Crippen LogP contribution in [0.1, 0.15) is 0 Å². The van der Waals surface area contributed by atoms with Gasteiger partial charge in [-0.1, -0.05) is 0 Å². The number of aliphatic carboxylic acids is 1. The summed E-state index contributed by atoms with van der Waals surface area (Å²) in [6, 6.07) is 0. The largest absolute Gasteiger partial charge is 0.479 e. The Morgan fingerprint density at radius 1 is 1.11 bits per heavy atom. The van der Waals surface area contributed by atoms with E-state index in [1.165, 1.54) is 0 Å². The van der Waals surface area contributed by atoms with Crippen molar-refractivity contribution in [1.29, 1.82) is 0 Å². The van der Waals surface area contributed by atoms with Crippen LogP contribution >= 0.6 is 0 Å². The van der Waals surface area contributed by atoms with Gasteiger partial charge < -0.3 is 30.6 Å². The third-order valence-electron chi connectivity index (χ3n) is 1.51. The number of rotatable bonds is 5. The first-order valence-electron chi connectivity index (χ1n) is 4.23. The number of carboxylic acid groups (broad SMARTS) is 1. The maximum absolute atomic E-state index is 10.1. The zero-order valence-electron chi connectivity index (χ0n) is 8.86. The van der Waals surface area contributed by atoms with Gasteiger partial charge in [0, 0.05) is 0 Å². The van der Waals surface area contributed by atoms with Crippen molar-refractivity contribution in [1.82, 2.24) is 0 Å². The molecule has 18 heavy (non-hydrogen) atoms. The first kappa shape index (κ1) is 19.5. The van der Waals surface area contributed by atoms with Crippen LogP contribution < -0.4 is 5.14 Å². The summed E-state index contributed by atoms with van der Waals surface area (Å²) in [6.45, 7) is -0.843. The maximum atomic E-state index is 10.1. The van der Waals surface area contributed by atoms with E-state index in [1.807, 2.05) is 0 Å². The van der Waals surface area contributed by atoms with Gasteiger partial charge in [-0.3, -0.25) is 4.55 Å². The van der Waals surface area contributed by atoms with E-state index >= 15 is 0 Å². The predicted molar refractivity (Wildman–Crippen MR) is 54.5 cm³/mol. The molecule has 0 saturated carbocycles. The fraction of sp³-hybridized carbons (Fsp3) is 0.833. The molecule has 0 aromatic heterocycles. The zero-order valence-corrected chi connectivity index (χ0v) is 9.67. The number of carboxylic acids is 1. The Labute approximate surface area is 102 Å². The van der Waals surface area contributed by atoms with Crippen LogP contribution in [0.3, 0.4) is 0 Å². The molecule has 4 atom stereocenters. The Balaban J connectivity index is 0. The highest BCUT2D eigenvalue weighted by Gasteiger charge is 2.33. The van der Waals surface area contributed by atoms with Gasteiger partial charge in [0.15, 0.2) is 6.10 Å². The quantitative estimate of drug-likeness (QED) is 0.226. The molecule has 0 bridgehead atoms. The lowest BCUT2D eigenvalue weighted by atomic mass is 10.0. The Hall–Kier alpha value is -0.860. The zero-order chi connectivity index (χ0) is 15.1.